The summed E-state index contributed by atoms with van der Waals surface area (Å²) in [6.45, 7) is 0. The summed E-state index contributed by atoms with van der Waals surface area (Å²) < 4.78 is 0. The Labute approximate surface area is 119 Å². The highest BCUT2D eigenvalue weighted by Gasteiger charge is 2.17. The van der Waals surface area contributed by atoms with E-state index >= 15 is 0 Å². The minimum atomic E-state index is 0.305. The predicted octanol–water partition coefficient (Wildman–Crippen LogP) is 4.14. The molecule has 0 atom stereocenters. The molecule has 2 rings (SSSR count). The molecule has 86 valence electrons. The van der Waals surface area contributed by atoms with Crippen LogP contribution in [-0.4, -0.2) is 5.17 Å². The van der Waals surface area contributed by atoms with Crippen molar-refractivity contribution in [3.05, 3.63) is 57.0 Å². The third-order valence-electron chi connectivity index (χ3n) is 1.85. The highest BCUT2D eigenvalue weighted by Crippen LogP contribution is 2.22. The molecule has 6 heteroatoms. The third kappa shape index (κ3) is 3.60. The summed E-state index contributed by atoms with van der Waals surface area (Å²) in [5.74, 6) is 0. The van der Waals surface area contributed by atoms with Crippen molar-refractivity contribution in [2.75, 3.05) is 0 Å². The van der Waals surface area contributed by atoms with Gasteiger partial charge in [0.15, 0.2) is 15.9 Å². The molecular formula is C11H5Cl4N2+. The number of aliphatic imine (C=N–C) groups is 1. The number of hydrogen-bond donors (Lipinski definition) is 1. The Hall–Kier alpha value is -0.760. The van der Waals surface area contributed by atoms with Crippen molar-refractivity contribution in [2.24, 2.45) is 4.99 Å². The lowest BCUT2D eigenvalue weighted by atomic mass is 10.1. The summed E-state index contributed by atoms with van der Waals surface area (Å²) in [5.41, 5.74) is 4.49. The molecule has 2 aliphatic rings. The molecule has 2 aliphatic heterocycles. The van der Waals surface area contributed by atoms with Gasteiger partial charge in [-0.2, -0.15) is 4.99 Å². The van der Waals surface area contributed by atoms with Gasteiger partial charge in [0.05, 0.1) is 23.8 Å². The van der Waals surface area contributed by atoms with E-state index in [1.54, 1.807) is 24.6 Å². The topological polar surface area (TPSA) is 24.4 Å². The number of nitrogens with one attached hydrogen (secondary N) is 1. The van der Waals surface area contributed by atoms with Crippen LogP contribution in [0.25, 0.3) is 0 Å². The molecule has 0 amide bonds. The van der Waals surface area contributed by atoms with Gasteiger partial charge in [-0.1, -0.05) is 23.2 Å². The van der Waals surface area contributed by atoms with Gasteiger partial charge in [0, 0.05) is 12.2 Å². The van der Waals surface area contributed by atoms with Crippen molar-refractivity contribution < 1.29 is 0 Å². The predicted molar refractivity (Wildman–Crippen MR) is 73.1 cm³/mol. The zero-order chi connectivity index (χ0) is 12.4. The fourth-order valence-electron chi connectivity index (χ4n) is 1.28. The largest absolute Gasteiger partial charge is 0.337 e. The lowest BCUT2D eigenvalue weighted by molar-refractivity contribution is 1.10. The van der Waals surface area contributed by atoms with E-state index in [0.717, 1.165) is 5.57 Å². The molecule has 0 aromatic heterocycles. The average Bonchev–Trinajstić information content (AvgIpc) is 2.13. The fourth-order valence-corrected chi connectivity index (χ4v) is 2.22. The lowest BCUT2D eigenvalue weighted by Crippen LogP contribution is -2.08. The van der Waals surface area contributed by atoms with E-state index in [9.17, 15) is 0 Å². The van der Waals surface area contributed by atoms with Crippen LogP contribution in [0.4, 0.5) is 0 Å². The van der Waals surface area contributed by atoms with Crippen molar-refractivity contribution in [1.29, 1.82) is 0 Å². The monoisotopic (exact) mass is 305 g/mol. The molecule has 0 radical (unpaired) electrons. The maximum absolute atomic E-state index is 5.83. The van der Waals surface area contributed by atoms with E-state index in [1.807, 2.05) is 0 Å². The van der Waals surface area contributed by atoms with Crippen LogP contribution in [0.5, 0.6) is 0 Å². The number of hydrogen-bond acceptors (Lipinski definition) is 2. The molecule has 2 nitrogen and oxygen atoms in total. The Morgan fingerprint density at radius 3 is 2.29 bits per heavy atom. The molecule has 2 heterocycles. The van der Waals surface area contributed by atoms with E-state index in [2.05, 4.69) is 16.0 Å². The third-order valence-corrected chi connectivity index (χ3v) is 2.65. The molecule has 0 fully saturated rings. The number of halogens is 4. The molecule has 0 bridgehead atoms. The van der Waals surface area contributed by atoms with E-state index < -0.39 is 0 Å². The maximum atomic E-state index is 5.83. The summed E-state index contributed by atoms with van der Waals surface area (Å²) in [5, 5.41) is 4.20. The first kappa shape index (κ1) is 12.7. The van der Waals surface area contributed by atoms with Crippen molar-refractivity contribution in [3.8, 4) is 0 Å². The quantitative estimate of drug-likeness (QED) is 0.406. The van der Waals surface area contributed by atoms with Gasteiger partial charge in [0.2, 0.25) is 0 Å². The molecule has 1 N–H and O–H groups in total. The zero-order valence-corrected chi connectivity index (χ0v) is 11.3. The minimum Gasteiger partial charge on any atom is -0.337 e. The lowest BCUT2D eigenvalue weighted by Gasteiger charge is -2.06. The molecule has 0 aromatic rings. The van der Waals surface area contributed by atoms with Crippen LogP contribution in [0.15, 0.2) is 55.6 Å². The first-order chi connectivity index (χ1) is 8.02. The fraction of sp³-hybridized carbons (Fsp3) is 0. The number of rotatable bonds is 0. The Balaban J connectivity index is 2.42. The van der Waals surface area contributed by atoms with Crippen LogP contribution in [0.1, 0.15) is 0 Å². The standard InChI is InChI=1S/C11H5Cl4N2/c12-8-2-6(3-9(13)16-8)1-7-4-10(14)17-11(15)5-7/h2-5,16H/q+1. The van der Waals surface area contributed by atoms with E-state index in [1.165, 1.54) is 0 Å². The van der Waals surface area contributed by atoms with E-state index in [4.69, 9.17) is 46.4 Å². The Bertz CT molecular complexity index is 526. The molecule has 0 spiro atoms. The number of dihydropyridines is 1. The smallest absolute Gasteiger partial charge is 0.195 e. The second-order valence-corrected chi connectivity index (χ2v) is 4.78. The Morgan fingerprint density at radius 2 is 1.71 bits per heavy atom. The summed E-state index contributed by atoms with van der Waals surface area (Å²) in [7, 11) is 0. The summed E-state index contributed by atoms with van der Waals surface area (Å²) >= 11 is 23.2. The van der Waals surface area contributed by atoms with E-state index in [-0.39, 0.29) is 0 Å². The average molecular weight is 307 g/mol. The first-order valence-corrected chi connectivity index (χ1v) is 6.02. The van der Waals surface area contributed by atoms with Crippen LogP contribution >= 0.6 is 46.4 Å². The van der Waals surface area contributed by atoms with Gasteiger partial charge in [0.25, 0.3) is 0 Å². The Kier molecular flexibility index (Phi) is 3.93. The van der Waals surface area contributed by atoms with Gasteiger partial charge >= 0.3 is 0 Å². The van der Waals surface area contributed by atoms with Crippen LogP contribution in [0, 0.1) is 6.42 Å². The first-order valence-electron chi connectivity index (χ1n) is 4.51. The molecule has 0 saturated carbocycles. The van der Waals surface area contributed by atoms with Gasteiger partial charge in [0.1, 0.15) is 10.3 Å². The summed E-state index contributed by atoms with van der Waals surface area (Å²) in [6, 6.07) is 0. The van der Waals surface area contributed by atoms with Crippen LogP contribution < -0.4 is 5.32 Å². The SMILES string of the molecule is ClC1=CC(=C=C2C=C(Cl)NC(Cl)=C2)[CH+]C(Cl)=N1. The molecule has 0 aliphatic carbocycles. The molecule has 0 unspecified atom stereocenters. The minimum absolute atomic E-state index is 0.305. The molecular weight excluding hydrogens is 302 g/mol. The summed E-state index contributed by atoms with van der Waals surface area (Å²) in [4.78, 5) is 3.84. The van der Waals surface area contributed by atoms with Crippen molar-refractivity contribution in [1.82, 2.24) is 5.32 Å². The van der Waals surface area contributed by atoms with Crippen molar-refractivity contribution in [2.45, 2.75) is 0 Å². The molecule has 0 aromatic carbocycles. The van der Waals surface area contributed by atoms with Crippen LogP contribution in [0.2, 0.25) is 0 Å². The van der Waals surface area contributed by atoms with Gasteiger partial charge in [-0.3, -0.25) is 0 Å². The number of nitrogens with zero attached hydrogens (tertiary/aromatic N) is 1. The van der Waals surface area contributed by atoms with Crippen molar-refractivity contribution in [3.63, 3.8) is 0 Å². The van der Waals surface area contributed by atoms with Gasteiger partial charge in [-0.15, -0.1) is 0 Å². The second-order valence-electron chi connectivity index (χ2n) is 3.19. The van der Waals surface area contributed by atoms with Gasteiger partial charge in [-0.25, -0.2) is 0 Å². The number of allylic oxidation sites excluding steroid dienone is 4. The van der Waals surface area contributed by atoms with Crippen molar-refractivity contribution >= 4 is 51.6 Å². The second kappa shape index (κ2) is 5.26. The van der Waals surface area contributed by atoms with Gasteiger partial charge < -0.3 is 5.32 Å². The highest BCUT2D eigenvalue weighted by atomic mass is 35.5. The van der Waals surface area contributed by atoms with Crippen LogP contribution in [0.3, 0.4) is 0 Å². The van der Waals surface area contributed by atoms with Crippen LogP contribution in [-0.2, 0) is 0 Å². The molecule has 0 saturated heterocycles. The normalized spacial score (nSPS) is 19.3. The Morgan fingerprint density at radius 1 is 1.06 bits per heavy atom. The summed E-state index contributed by atoms with van der Waals surface area (Å²) in [6.07, 6.45) is 6.67. The maximum Gasteiger partial charge on any atom is 0.195 e. The van der Waals surface area contributed by atoms with E-state index in [0.29, 0.717) is 26.2 Å². The molecule has 17 heavy (non-hydrogen) atoms. The van der Waals surface area contributed by atoms with Gasteiger partial charge in [-0.05, 0) is 23.2 Å². The highest BCUT2D eigenvalue weighted by molar-refractivity contribution is 6.68. The zero-order valence-electron chi connectivity index (χ0n) is 8.27.